The first-order chi connectivity index (χ1) is 7.50. The van der Waals surface area contributed by atoms with Crippen LogP contribution in [0.15, 0.2) is 17.1 Å². The van der Waals surface area contributed by atoms with Gasteiger partial charge in [-0.2, -0.15) is 0 Å². The fourth-order valence-electron chi connectivity index (χ4n) is 1.44. The topological polar surface area (TPSA) is 18.8 Å². The number of thiophene rings is 1. The normalized spacial score (nSPS) is 9.47. The molecule has 0 atom stereocenters. The Hall–Kier alpha value is 0.430. The van der Waals surface area contributed by atoms with E-state index in [0.717, 1.165) is 18.9 Å². The minimum absolute atomic E-state index is 0. The molecular weight excluding hydrogens is 460 g/mol. The Balaban J connectivity index is 0.00000256. The van der Waals surface area contributed by atoms with Gasteiger partial charge in [-0.25, -0.2) is 0 Å². The number of guanidine groups is 1. The van der Waals surface area contributed by atoms with Crippen LogP contribution in [0.1, 0.15) is 4.88 Å². The summed E-state index contributed by atoms with van der Waals surface area (Å²) >= 11 is 4.20. The number of aliphatic imine (C=N–C) groups is 1. The van der Waals surface area contributed by atoms with Gasteiger partial charge in [0.15, 0.2) is 5.96 Å². The SMILES string of the molecule is CN(C)C(=NCCc1ccc(I)s1)N(C)C.I. The van der Waals surface area contributed by atoms with Gasteiger partial charge in [-0.05, 0) is 34.7 Å². The average Bonchev–Trinajstić information content (AvgIpc) is 2.57. The predicted molar refractivity (Wildman–Crippen MR) is 95.8 cm³/mol. The monoisotopic (exact) mass is 479 g/mol. The summed E-state index contributed by atoms with van der Waals surface area (Å²) in [5.41, 5.74) is 0. The lowest BCUT2D eigenvalue weighted by atomic mass is 10.3. The lowest BCUT2D eigenvalue weighted by Gasteiger charge is -2.22. The van der Waals surface area contributed by atoms with Crippen molar-refractivity contribution in [3.05, 3.63) is 19.9 Å². The summed E-state index contributed by atoms with van der Waals surface area (Å²) in [6, 6.07) is 4.34. The largest absolute Gasteiger partial charge is 0.349 e. The van der Waals surface area contributed by atoms with Crippen molar-refractivity contribution in [1.82, 2.24) is 9.80 Å². The lowest BCUT2D eigenvalue weighted by Crippen LogP contribution is -2.35. The van der Waals surface area contributed by atoms with Crippen molar-refractivity contribution in [3.8, 4) is 0 Å². The summed E-state index contributed by atoms with van der Waals surface area (Å²) in [6.07, 6.45) is 1.03. The van der Waals surface area contributed by atoms with Gasteiger partial charge in [0.1, 0.15) is 0 Å². The first-order valence-corrected chi connectivity index (χ1v) is 7.03. The quantitative estimate of drug-likeness (QED) is 0.378. The molecule has 17 heavy (non-hydrogen) atoms. The standard InChI is InChI=1S/C11H18IN3S.HI/c1-14(2)11(15(3)4)13-8-7-9-5-6-10(12)16-9;/h5-6H,7-8H2,1-4H3;1H. The number of halogens is 2. The van der Waals surface area contributed by atoms with E-state index >= 15 is 0 Å². The summed E-state index contributed by atoms with van der Waals surface area (Å²) in [7, 11) is 8.08. The van der Waals surface area contributed by atoms with Gasteiger partial charge >= 0.3 is 0 Å². The Morgan fingerprint density at radius 3 is 2.24 bits per heavy atom. The van der Waals surface area contributed by atoms with E-state index in [1.807, 2.05) is 49.3 Å². The Labute approximate surface area is 138 Å². The van der Waals surface area contributed by atoms with Crippen molar-refractivity contribution in [1.29, 1.82) is 0 Å². The van der Waals surface area contributed by atoms with Gasteiger partial charge in [0.05, 0.1) is 2.88 Å². The predicted octanol–water partition coefficient (Wildman–Crippen LogP) is 2.99. The minimum atomic E-state index is 0. The molecule has 0 bridgehead atoms. The zero-order chi connectivity index (χ0) is 12.1. The first-order valence-electron chi connectivity index (χ1n) is 5.14. The van der Waals surface area contributed by atoms with E-state index in [0.29, 0.717) is 0 Å². The van der Waals surface area contributed by atoms with Crippen LogP contribution >= 0.6 is 57.9 Å². The molecule has 0 saturated carbocycles. The molecule has 1 aromatic rings. The fourth-order valence-corrected chi connectivity index (χ4v) is 3.18. The van der Waals surface area contributed by atoms with Crippen molar-refractivity contribution < 1.29 is 0 Å². The van der Waals surface area contributed by atoms with Crippen LogP contribution in [-0.2, 0) is 6.42 Å². The molecule has 0 unspecified atom stereocenters. The molecule has 0 aliphatic carbocycles. The molecule has 6 heteroatoms. The van der Waals surface area contributed by atoms with Crippen molar-refractivity contribution in [3.63, 3.8) is 0 Å². The van der Waals surface area contributed by atoms with Gasteiger partial charge in [-0.15, -0.1) is 35.3 Å². The summed E-state index contributed by atoms with van der Waals surface area (Å²) < 4.78 is 1.34. The van der Waals surface area contributed by atoms with E-state index in [2.05, 4.69) is 39.7 Å². The Morgan fingerprint density at radius 2 is 1.82 bits per heavy atom. The highest BCUT2D eigenvalue weighted by Gasteiger charge is 2.03. The summed E-state index contributed by atoms with van der Waals surface area (Å²) in [5, 5.41) is 0. The van der Waals surface area contributed by atoms with Gasteiger partial charge in [-0.1, -0.05) is 0 Å². The second kappa shape index (κ2) is 8.52. The molecule has 0 spiro atoms. The van der Waals surface area contributed by atoms with Crippen molar-refractivity contribution in [2.75, 3.05) is 34.7 Å². The second-order valence-corrected chi connectivity index (χ2v) is 6.99. The molecule has 0 amide bonds. The van der Waals surface area contributed by atoms with Crippen molar-refractivity contribution >= 4 is 63.9 Å². The van der Waals surface area contributed by atoms with E-state index in [1.165, 1.54) is 7.76 Å². The van der Waals surface area contributed by atoms with Crippen molar-refractivity contribution in [2.45, 2.75) is 6.42 Å². The molecule has 0 aliphatic heterocycles. The maximum atomic E-state index is 4.60. The van der Waals surface area contributed by atoms with Gasteiger partial charge in [0.2, 0.25) is 0 Å². The van der Waals surface area contributed by atoms with Crippen LogP contribution in [0.5, 0.6) is 0 Å². The maximum Gasteiger partial charge on any atom is 0.195 e. The average molecular weight is 479 g/mol. The highest BCUT2D eigenvalue weighted by molar-refractivity contribution is 14.1. The molecule has 0 saturated heterocycles. The van der Waals surface area contributed by atoms with Crippen LogP contribution in [-0.4, -0.2) is 50.5 Å². The van der Waals surface area contributed by atoms with Crippen LogP contribution < -0.4 is 0 Å². The van der Waals surface area contributed by atoms with Crippen LogP contribution in [0.25, 0.3) is 0 Å². The highest BCUT2D eigenvalue weighted by atomic mass is 127. The third kappa shape index (κ3) is 6.23. The van der Waals surface area contributed by atoms with Gasteiger partial charge in [-0.3, -0.25) is 4.99 Å². The third-order valence-corrected chi connectivity index (χ3v) is 3.99. The number of hydrogen-bond acceptors (Lipinski definition) is 2. The molecule has 0 fully saturated rings. The number of nitrogens with zero attached hydrogens (tertiary/aromatic N) is 3. The summed E-state index contributed by atoms with van der Waals surface area (Å²) in [6.45, 7) is 0.849. The molecule has 0 aliphatic rings. The molecule has 98 valence electrons. The van der Waals surface area contributed by atoms with Crippen molar-refractivity contribution in [2.24, 2.45) is 4.99 Å². The number of hydrogen-bond donors (Lipinski definition) is 0. The van der Waals surface area contributed by atoms with E-state index in [4.69, 9.17) is 0 Å². The Bertz CT molecular complexity index is 351. The first kappa shape index (κ1) is 17.4. The van der Waals surface area contributed by atoms with E-state index in [1.54, 1.807) is 0 Å². The van der Waals surface area contributed by atoms with Crippen LogP contribution in [0.4, 0.5) is 0 Å². The Morgan fingerprint density at radius 1 is 1.24 bits per heavy atom. The minimum Gasteiger partial charge on any atom is -0.349 e. The third-order valence-electron chi connectivity index (χ3n) is 2.04. The smallest absolute Gasteiger partial charge is 0.195 e. The van der Waals surface area contributed by atoms with Crippen LogP contribution in [0.2, 0.25) is 0 Å². The molecule has 0 aromatic carbocycles. The van der Waals surface area contributed by atoms with Gasteiger partial charge in [0.25, 0.3) is 0 Å². The zero-order valence-electron chi connectivity index (χ0n) is 10.6. The maximum absolute atomic E-state index is 4.60. The van der Waals surface area contributed by atoms with Gasteiger partial charge in [0, 0.05) is 46.0 Å². The van der Waals surface area contributed by atoms with E-state index in [-0.39, 0.29) is 24.0 Å². The number of rotatable bonds is 3. The molecule has 1 rings (SSSR count). The summed E-state index contributed by atoms with van der Waals surface area (Å²) in [4.78, 5) is 10.1. The Kier molecular flexibility index (Phi) is 8.73. The van der Waals surface area contributed by atoms with Crippen LogP contribution in [0, 0.1) is 2.88 Å². The molecule has 0 N–H and O–H groups in total. The van der Waals surface area contributed by atoms with Gasteiger partial charge < -0.3 is 9.80 Å². The second-order valence-electron chi connectivity index (χ2n) is 3.93. The molecule has 1 aromatic heterocycles. The highest BCUT2D eigenvalue weighted by Crippen LogP contribution is 2.18. The van der Waals surface area contributed by atoms with E-state index < -0.39 is 0 Å². The molecule has 0 radical (unpaired) electrons. The fraction of sp³-hybridized carbons (Fsp3) is 0.545. The van der Waals surface area contributed by atoms with E-state index in [9.17, 15) is 0 Å². The van der Waals surface area contributed by atoms with Crippen LogP contribution in [0.3, 0.4) is 0 Å². The summed E-state index contributed by atoms with van der Waals surface area (Å²) in [5.74, 6) is 1.02. The molecule has 3 nitrogen and oxygen atoms in total. The zero-order valence-corrected chi connectivity index (χ0v) is 15.9. The lowest BCUT2D eigenvalue weighted by molar-refractivity contribution is 0.479. The molecule has 1 heterocycles. The molecular formula is C11H19I2N3S.